The maximum atomic E-state index is 11.5. The lowest BCUT2D eigenvalue weighted by Crippen LogP contribution is -2.43. The molecule has 0 aromatic heterocycles. The van der Waals surface area contributed by atoms with Crippen LogP contribution in [-0.2, 0) is 0 Å². The van der Waals surface area contributed by atoms with Crippen molar-refractivity contribution in [3.05, 3.63) is 11.8 Å². The van der Waals surface area contributed by atoms with Crippen molar-refractivity contribution >= 4 is 6.03 Å². The molecule has 0 saturated heterocycles. The van der Waals surface area contributed by atoms with Crippen LogP contribution in [0.4, 0.5) is 4.79 Å². The number of carbonyl (C=O) groups excluding carboxylic acids is 1. The summed E-state index contributed by atoms with van der Waals surface area (Å²) in [6.45, 7) is 4.93. The van der Waals surface area contributed by atoms with Crippen LogP contribution in [-0.4, -0.2) is 36.5 Å². The van der Waals surface area contributed by atoms with E-state index in [1.54, 1.807) is 9.80 Å². The van der Waals surface area contributed by atoms with Gasteiger partial charge < -0.3 is 9.80 Å². The molecular weight excluding hydrogens is 152 g/mol. The van der Waals surface area contributed by atoms with Gasteiger partial charge in [0.15, 0.2) is 0 Å². The van der Waals surface area contributed by atoms with Gasteiger partial charge >= 0.3 is 6.03 Å². The Kier molecular flexibility index (Phi) is 2.40. The fraction of sp³-hybridized carbons (Fsp3) is 0.667. The van der Waals surface area contributed by atoms with Gasteiger partial charge in [-0.1, -0.05) is 13.8 Å². The molecule has 1 heterocycles. The van der Waals surface area contributed by atoms with E-state index in [0.717, 1.165) is 12.2 Å². The predicted molar refractivity (Wildman–Crippen MR) is 48.7 cm³/mol. The maximum absolute atomic E-state index is 11.5. The Balaban J connectivity index is 2.84. The Hall–Kier alpha value is -0.990. The third-order valence-electron chi connectivity index (χ3n) is 2.17. The van der Waals surface area contributed by atoms with Crippen LogP contribution in [0.25, 0.3) is 0 Å². The van der Waals surface area contributed by atoms with Gasteiger partial charge in [-0.25, -0.2) is 4.79 Å². The lowest BCUT2D eigenvalue weighted by Gasteiger charge is -2.32. The Morgan fingerprint density at radius 3 is 2.50 bits per heavy atom. The van der Waals surface area contributed by atoms with Crippen LogP contribution >= 0.6 is 0 Å². The van der Waals surface area contributed by atoms with Crippen molar-refractivity contribution in [3.63, 3.8) is 0 Å². The number of urea groups is 1. The molecule has 0 aromatic rings. The smallest absolute Gasteiger partial charge is 0.323 e. The molecule has 0 aliphatic carbocycles. The normalized spacial score (nSPS) is 18.8. The third kappa shape index (κ3) is 1.44. The van der Waals surface area contributed by atoms with Gasteiger partial charge in [0.05, 0.1) is 0 Å². The molecule has 0 radical (unpaired) electrons. The summed E-state index contributed by atoms with van der Waals surface area (Å²) in [7, 11) is 3.64. The average Bonchev–Trinajstić information content (AvgIpc) is 2.00. The van der Waals surface area contributed by atoms with Crippen LogP contribution in [0.5, 0.6) is 0 Å². The summed E-state index contributed by atoms with van der Waals surface area (Å²) < 4.78 is 0. The molecule has 2 amide bonds. The van der Waals surface area contributed by atoms with Gasteiger partial charge in [0.2, 0.25) is 0 Å². The molecule has 1 rings (SSSR count). The molecule has 0 saturated carbocycles. The van der Waals surface area contributed by atoms with Crippen LogP contribution in [0.2, 0.25) is 0 Å². The van der Waals surface area contributed by atoms with Gasteiger partial charge in [-0.2, -0.15) is 0 Å². The van der Waals surface area contributed by atoms with Gasteiger partial charge in [0.1, 0.15) is 0 Å². The second-order valence-corrected chi connectivity index (χ2v) is 3.51. The molecule has 12 heavy (non-hydrogen) atoms. The van der Waals surface area contributed by atoms with Crippen LogP contribution in [0.3, 0.4) is 0 Å². The first-order chi connectivity index (χ1) is 5.54. The van der Waals surface area contributed by atoms with Gasteiger partial charge in [-0.3, -0.25) is 0 Å². The van der Waals surface area contributed by atoms with Gasteiger partial charge in [-0.15, -0.1) is 0 Å². The zero-order valence-electron chi connectivity index (χ0n) is 8.16. The molecule has 0 N–H and O–H groups in total. The summed E-state index contributed by atoms with van der Waals surface area (Å²) in [4.78, 5) is 14.9. The predicted octanol–water partition coefficient (Wildman–Crippen LogP) is 1.52. The maximum Gasteiger partial charge on any atom is 0.323 e. The molecule has 3 heteroatoms. The van der Waals surface area contributed by atoms with Crippen LogP contribution in [0, 0.1) is 5.92 Å². The summed E-state index contributed by atoms with van der Waals surface area (Å²) in [5.74, 6) is 0.424. The fourth-order valence-electron chi connectivity index (χ4n) is 1.43. The largest absolute Gasteiger partial charge is 0.324 e. The lowest BCUT2D eigenvalue weighted by molar-refractivity contribution is 0.178. The van der Waals surface area contributed by atoms with E-state index in [0.29, 0.717) is 5.92 Å². The highest BCUT2D eigenvalue weighted by atomic mass is 16.2. The molecule has 1 aliphatic heterocycles. The molecule has 0 atom stereocenters. The van der Waals surface area contributed by atoms with Crippen molar-refractivity contribution in [3.8, 4) is 0 Å². The first kappa shape index (κ1) is 9.10. The van der Waals surface area contributed by atoms with E-state index in [2.05, 4.69) is 19.9 Å². The quantitative estimate of drug-likeness (QED) is 0.582. The lowest BCUT2D eigenvalue weighted by atomic mass is 10.1. The van der Waals surface area contributed by atoms with Crippen molar-refractivity contribution in [1.82, 2.24) is 9.80 Å². The highest BCUT2D eigenvalue weighted by molar-refractivity contribution is 5.77. The average molecular weight is 168 g/mol. The third-order valence-corrected chi connectivity index (χ3v) is 2.17. The molecule has 68 valence electrons. The summed E-state index contributed by atoms with van der Waals surface area (Å²) >= 11 is 0. The topological polar surface area (TPSA) is 23.6 Å². The Morgan fingerprint density at radius 2 is 2.00 bits per heavy atom. The molecule has 0 aromatic carbocycles. The molecule has 0 unspecified atom stereocenters. The second-order valence-electron chi connectivity index (χ2n) is 3.51. The Labute approximate surface area is 73.6 Å². The van der Waals surface area contributed by atoms with E-state index >= 15 is 0 Å². The SMILES string of the molecule is CC(C)C1=CCN(C)C(=O)N1C. The highest BCUT2D eigenvalue weighted by Gasteiger charge is 2.22. The van der Waals surface area contributed by atoms with Crippen molar-refractivity contribution < 1.29 is 4.79 Å². The van der Waals surface area contributed by atoms with Gasteiger partial charge in [-0.05, 0) is 12.0 Å². The first-order valence-electron chi connectivity index (χ1n) is 4.23. The number of nitrogens with zero attached hydrogens (tertiary/aromatic N) is 2. The van der Waals surface area contributed by atoms with Crippen molar-refractivity contribution in [1.29, 1.82) is 0 Å². The molecule has 0 fully saturated rings. The number of hydrogen-bond donors (Lipinski definition) is 0. The van der Waals surface area contributed by atoms with E-state index in [9.17, 15) is 4.79 Å². The zero-order chi connectivity index (χ0) is 9.30. The highest BCUT2D eigenvalue weighted by Crippen LogP contribution is 2.18. The number of allylic oxidation sites excluding steroid dienone is 1. The minimum absolute atomic E-state index is 0.0844. The fourth-order valence-corrected chi connectivity index (χ4v) is 1.43. The van der Waals surface area contributed by atoms with E-state index in [-0.39, 0.29) is 6.03 Å². The molecule has 1 aliphatic rings. The van der Waals surface area contributed by atoms with Crippen molar-refractivity contribution in [2.45, 2.75) is 13.8 Å². The Morgan fingerprint density at radius 1 is 1.42 bits per heavy atom. The van der Waals surface area contributed by atoms with Gasteiger partial charge in [0.25, 0.3) is 0 Å². The molecule has 0 bridgehead atoms. The summed E-state index contributed by atoms with van der Waals surface area (Å²) in [5.41, 5.74) is 1.12. The standard InChI is InChI=1S/C9H16N2O/c1-7(2)8-5-6-10(3)9(12)11(8)4/h5,7H,6H2,1-4H3. The Bertz CT molecular complexity index is 221. The molecule has 3 nitrogen and oxygen atoms in total. The number of amides is 2. The van der Waals surface area contributed by atoms with Gasteiger partial charge in [0, 0.05) is 26.3 Å². The van der Waals surface area contributed by atoms with Crippen LogP contribution in [0.1, 0.15) is 13.8 Å². The molecular formula is C9H16N2O. The van der Waals surface area contributed by atoms with E-state index in [1.807, 2.05) is 14.1 Å². The monoisotopic (exact) mass is 168 g/mol. The van der Waals surface area contributed by atoms with E-state index < -0.39 is 0 Å². The summed E-state index contributed by atoms with van der Waals surface area (Å²) in [6.07, 6.45) is 2.10. The van der Waals surface area contributed by atoms with E-state index in [1.165, 1.54) is 0 Å². The van der Waals surface area contributed by atoms with E-state index in [4.69, 9.17) is 0 Å². The first-order valence-corrected chi connectivity index (χ1v) is 4.23. The van der Waals surface area contributed by atoms with Crippen molar-refractivity contribution in [2.75, 3.05) is 20.6 Å². The van der Waals surface area contributed by atoms with Crippen LogP contribution in [0.15, 0.2) is 11.8 Å². The molecule has 0 spiro atoms. The summed E-state index contributed by atoms with van der Waals surface area (Å²) in [5, 5.41) is 0. The number of hydrogen-bond acceptors (Lipinski definition) is 1. The minimum Gasteiger partial charge on any atom is -0.324 e. The number of likely N-dealkylation sites (N-methyl/N-ethyl adjacent to an activating group) is 1. The number of carbonyl (C=O) groups is 1. The zero-order valence-corrected chi connectivity index (χ0v) is 8.16. The van der Waals surface area contributed by atoms with Crippen molar-refractivity contribution in [2.24, 2.45) is 5.92 Å². The second kappa shape index (κ2) is 3.17. The summed E-state index contributed by atoms with van der Waals surface area (Å²) in [6, 6.07) is 0.0844. The minimum atomic E-state index is 0.0844. The number of rotatable bonds is 1. The van der Waals surface area contributed by atoms with Crippen LogP contribution < -0.4 is 0 Å².